The fourth-order valence-electron chi connectivity index (χ4n) is 4.05. The van der Waals surface area contributed by atoms with E-state index in [1.807, 2.05) is 11.8 Å². The Morgan fingerprint density at radius 1 is 1.37 bits per heavy atom. The molecule has 1 saturated carbocycles. The van der Waals surface area contributed by atoms with Crippen LogP contribution in [0.5, 0.6) is 5.75 Å². The predicted molar refractivity (Wildman–Crippen MR) is 98.3 cm³/mol. The number of hydrogen-bond acceptors (Lipinski definition) is 5. The van der Waals surface area contributed by atoms with E-state index in [0.29, 0.717) is 29.9 Å². The molecule has 1 aliphatic heterocycles. The SMILES string of the molecule is Cc1c(N2C[C@H](C)[C@@H](N)C2)c(F)cn2c(=O)c(OC(=O)O)cc(C3CC3)c12. The molecule has 2 fully saturated rings. The zero-order valence-corrected chi connectivity index (χ0v) is 15.2. The van der Waals surface area contributed by atoms with Gasteiger partial charge < -0.3 is 20.5 Å². The van der Waals surface area contributed by atoms with Gasteiger partial charge in [0.2, 0.25) is 0 Å². The van der Waals surface area contributed by atoms with E-state index in [2.05, 4.69) is 4.74 Å². The lowest BCUT2D eigenvalue weighted by Gasteiger charge is -2.24. The Bertz CT molecular complexity index is 989. The molecule has 3 heterocycles. The summed E-state index contributed by atoms with van der Waals surface area (Å²) in [6.07, 6.45) is 1.45. The molecule has 0 unspecified atom stereocenters. The number of fused-ring (bicyclic) bond motifs is 1. The molecule has 4 rings (SSSR count). The lowest BCUT2D eigenvalue weighted by Crippen LogP contribution is -2.29. The third-order valence-electron chi connectivity index (χ3n) is 5.61. The molecule has 0 radical (unpaired) electrons. The van der Waals surface area contributed by atoms with E-state index in [9.17, 15) is 9.59 Å². The average molecular weight is 375 g/mol. The molecular weight excluding hydrogens is 353 g/mol. The highest BCUT2D eigenvalue weighted by molar-refractivity contribution is 5.74. The van der Waals surface area contributed by atoms with Crippen molar-refractivity contribution in [2.24, 2.45) is 11.7 Å². The van der Waals surface area contributed by atoms with Gasteiger partial charge in [-0.05, 0) is 48.8 Å². The summed E-state index contributed by atoms with van der Waals surface area (Å²) in [6, 6.07) is 1.47. The van der Waals surface area contributed by atoms with Crippen LogP contribution in [0.2, 0.25) is 0 Å². The smallest absolute Gasteiger partial charge is 0.449 e. The molecule has 2 aromatic rings. The summed E-state index contributed by atoms with van der Waals surface area (Å²) in [5.74, 6) is -0.368. The number of halogens is 1. The Hall–Kier alpha value is -2.61. The molecule has 2 atom stereocenters. The number of hydrogen-bond donors (Lipinski definition) is 2. The van der Waals surface area contributed by atoms with Gasteiger partial charge in [-0.2, -0.15) is 0 Å². The Labute approximate surface area is 155 Å². The number of anilines is 1. The topological polar surface area (TPSA) is 97.3 Å². The van der Waals surface area contributed by atoms with Crippen LogP contribution in [0, 0.1) is 18.7 Å². The second-order valence-electron chi connectivity index (χ2n) is 7.63. The standard InChI is InChI=1S/C19H22FN3O4/c1-9-6-22(8-14(9)21)17-10(2)16-12(11-3-4-11)5-15(27-19(25)26)18(24)23(16)7-13(17)20/h5,7,9,11,14H,3-4,6,8,21H2,1-2H3,(H,25,26)/t9-,14-/m0/s1. The number of ether oxygens (including phenoxy) is 1. The molecule has 2 aliphatic rings. The van der Waals surface area contributed by atoms with Crippen LogP contribution < -0.4 is 20.9 Å². The molecule has 1 aliphatic carbocycles. The highest BCUT2D eigenvalue weighted by Crippen LogP contribution is 2.44. The first-order valence-electron chi connectivity index (χ1n) is 9.07. The van der Waals surface area contributed by atoms with Crippen LogP contribution in [-0.4, -0.2) is 34.8 Å². The van der Waals surface area contributed by atoms with Crippen LogP contribution in [0.4, 0.5) is 14.9 Å². The Morgan fingerprint density at radius 3 is 2.63 bits per heavy atom. The van der Waals surface area contributed by atoms with Crippen molar-refractivity contribution in [2.45, 2.75) is 38.6 Å². The van der Waals surface area contributed by atoms with Gasteiger partial charge in [0.15, 0.2) is 11.6 Å². The van der Waals surface area contributed by atoms with Gasteiger partial charge in [0.1, 0.15) is 0 Å². The number of pyridine rings is 2. The van der Waals surface area contributed by atoms with Crippen molar-refractivity contribution < 1.29 is 19.0 Å². The minimum atomic E-state index is -1.57. The largest absolute Gasteiger partial charge is 0.511 e. The summed E-state index contributed by atoms with van der Waals surface area (Å²) in [5, 5.41) is 8.89. The number of carboxylic acid groups (broad SMARTS) is 1. The van der Waals surface area contributed by atoms with Gasteiger partial charge in [0, 0.05) is 19.1 Å². The van der Waals surface area contributed by atoms with E-state index in [1.54, 1.807) is 6.92 Å². The van der Waals surface area contributed by atoms with E-state index < -0.39 is 17.5 Å². The van der Waals surface area contributed by atoms with Gasteiger partial charge in [-0.3, -0.25) is 9.20 Å². The van der Waals surface area contributed by atoms with Gasteiger partial charge >= 0.3 is 6.16 Å². The summed E-state index contributed by atoms with van der Waals surface area (Å²) in [4.78, 5) is 25.5. The number of aromatic nitrogens is 1. The van der Waals surface area contributed by atoms with Crippen molar-refractivity contribution in [2.75, 3.05) is 18.0 Å². The molecule has 0 bridgehead atoms. The zero-order chi connectivity index (χ0) is 19.5. The van der Waals surface area contributed by atoms with Crippen molar-refractivity contribution in [3.05, 3.63) is 39.6 Å². The molecule has 0 spiro atoms. The molecule has 144 valence electrons. The number of carbonyl (C=O) groups is 1. The maximum Gasteiger partial charge on any atom is 0.511 e. The lowest BCUT2D eigenvalue weighted by atomic mass is 10.0. The fraction of sp³-hybridized carbons (Fsp3) is 0.474. The van der Waals surface area contributed by atoms with Crippen LogP contribution in [0.1, 0.15) is 36.8 Å². The minimum absolute atomic E-state index is 0.0311. The van der Waals surface area contributed by atoms with Gasteiger partial charge in [-0.15, -0.1) is 0 Å². The molecule has 0 amide bonds. The fourth-order valence-corrected chi connectivity index (χ4v) is 4.05. The van der Waals surface area contributed by atoms with Crippen molar-refractivity contribution in [3.63, 3.8) is 0 Å². The average Bonchev–Trinajstić information content (AvgIpc) is 3.36. The predicted octanol–water partition coefficient (Wildman–Crippen LogP) is 2.46. The summed E-state index contributed by atoms with van der Waals surface area (Å²) < 4.78 is 20.8. The van der Waals surface area contributed by atoms with E-state index in [1.165, 1.54) is 10.5 Å². The third kappa shape index (κ3) is 2.93. The van der Waals surface area contributed by atoms with Crippen molar-refractivity contribution >= 4 is 17.4 Å². The van der Waals surface area contributed by atoms with Crippen molar-refractivity contribution in [1.29, 1.82) is 0 Å². The Kier molecular flexibility index (Phi) is 4.10. The molecule has 2 aromatic heterocycles. The van der Waals surface area contributed by atoms with Gasteiger partial charge in [-0.1, -0.05) is 6.92 Å². The quantitative estimate of drug-likeness (QED) is 0.800. The molecule has 7 nitrogen and oxygen atoms in total. The molecule has 0 aromatic carbocycles. The zero-order valence-electron chi connectivity index (χ0n) is 15.2. The first kappa shape index (κ1) is 17.8. The number of aryl methyl sites for hydroxylation is 1. The van der Waals surface area contributed by atoms with Crippen LogP contribution >= 0.6 is 0 Å². The first-order chi connectivity index (χ1) is 12.8. The number of nitrogens with two attached hydrogens (primary N) is 1. The maximum atomic E-state index is 15.0. The lowest BCUT2D eigenvalue weighted by molar-refractivity contribution is 0.143. The van der Waals surface area contributed by atoms with Crippen LogP contribution in [0.3, 0.4) is 0 Å². The monoisotopic (exact) mass is 375 g/mol. The van der Waals surface area contributed by atoms with Crippen LogP contribution in [0.25, 0.3) is 5.52 Å². The third-order valence-corrected chi connectivity index (χ3v) is 5.61. The summed E-state index contributed by atoms with van der Waals surface area (Å²) in [7, 11) is 0. The van der Waals surface area contributed by atoms with Crippen LogP contribution in [-0.2, 0) is 0 Å². The van der Waals surface area contributed by atoms with Gasteiger partial charge in [0.25, 0.3) is 5.56 Å². The summed E-state index contributed by atoms with van der Waals surface area (Å²) in [6.45, 7) is 5.04. The highest BCUT2D eigenvalue weighted by atomic mass is 19.1. The van der Waals surface area contributed by atoms with Crippen LogP contribution in [0.15, 0.2) is 17.1 Å². The molecular formula is C19H22FN3O4. The molecule has 8 heteroatoms. The van der Waals surface area contributed by atoms with Crippen molar-refractivity contribution in [3.8, 4) is 5.75 Å². The minimum Gasteiger partial charge on any atom is -0.449 e. The second-order valence-corrected chi connectivity index (χ2v) is 7.63. The summed E-state index contributed by atoms with van der Waals surface area (Å²) in [5.41, 5.74) is 8.00. The van der Waals surface area contributed by atoms with E-state index in [0.717, 1.165) is 24.6 Å². The first-order valence-corrected chi connectivity index (χ1v) is 9.07. The van der Waals surface area contributed by atoms with E-state index in [-0.39, 0.29) is 23.6 Å². The molecule has 1 saturated heterocycles. The Balaban J connectivity index is 1.96. The number of nitrogens with zero attached hydrogens (tertiary/aromatic N) is 2. The van der Waals surface area contributed by atoms with Gasteiger partial charge in [-0.25, -0.2) is 9.18 Å². The van der Waals surface area contributed by atoms with E-state index in [4.69, 9.17) is 10.8 Å². The number of rotatable bonds is 3. The van der Waals surface area contributed by atoms with Crippen molar-refractivity contribution in [1.82, 2.24) is 4.40 Å². The van der Waals surface area contributed by atoms with Gasteiger partial charge in [0.05, 0.1) is 17.4 Å². The molecule has 3 N–H and O–H groups in total. The second kappa shape index (κ2) is 6.23. The highest BCUT2D eigenvalue weighted by Gasteiger charge is 2.33. The summed E-state index contributed by atoms with van der Waals surface area (Å²) >= 11 is 0. The van der Waals surface area contributed by atoms with E-state index >= 15 is 4.39 Å². The molecule has 27 heavy (non-hydrogen) atoms. The Morgan fingerprint density at radius 2 is 2.07 bits per heavy atom. The normalized spacial score (nSPS) is 22.4. The maximum absolute atomic E-state index is 15.0.